The number of rotatable bonds is 11. The van der Waals surface area contributed by atoms with Crippen LogP contribution in [0.2, 0.25) is 0 Å². The van der Waals surface area contributed by atoms with Gasteiger partial charge in [0.05, 0.1) is 20.1 Å². The highest BCUT2D eigenvalue weighted by Crippen LogP contribution is 2.41. The minimum atomic E-state index is 0.186. The first-order valence-corrected chi connectivity index (χ1v) is 15.0. The Morgan fingerprint density at radius 2 is 1.56 bits per heavy atom. The SMILES string of the molecule is COc1cc(CC(=O)N2CCC3(CCN(Cc4ccccc4OCC(C)C)C3)CC2)ccc1OCc1ccccc1. The normalized spacial score (nSPS) is 16.7. The molecule has 2 fully saturated rings. The Kier molecular flexibility index (Phi) is 9.50. The molecule has 0 radical (unpaired) electrons. The van der Waals surface area contributed by atoms with Gasteiger partial charge in [0.25, 0.3) is 0 Å². The Bertz CT molecular complexity index is 1280. The number of benzene rings is 3. The van der Waals surface area contributed by atoms with Gasteiger partial charge in [0.1, 0.15) is 12.4 Å². The van der Waals surface area contributed by atoms with Crippen molar-refractivity contribution in [1.29, 1.82) is 0 Å². The molecular formula is C35H44N2O4. The number of ether oxygens (including phenoxy) is 3. The molecule has 218 valence electrons. The molecule has 3 aromatic carbocycles. The summed E-state index contributed by atoms with van der Waals surface area (Å²) >= 11 is 0. The summed E-state index contributed by atoms with van der Waals surface area (Å²) in [7, 11) is 1.64. The molecule has 0 aromatic heterocycles. The highest BCUT2D eigenvalue weighted by Gasteiger charge is 2.41. The minimum Gasteiger partial charge on any atom is -0.493 e. The summed E-state index contributed by atoms with van der Waals surface area (Å²) in [6.45, 7) is 10.3. The molecule has 1 amide bonds. The fourth-order valence-electron chi connectivity index (χ4n) is 6.04. The quantitative estimate of drug-likeness (QED) is 0.275. The van der Waals surface area contributed by atoms with Crippen LogP contribution < -0.4 is 14.2 Å². The van der Waals surface area contributed by atoms with E-state index >= 15 is 0 Å². The van der Waals surface area contributed by atoms with Crippen molar-refractivity contribution in [2.45, 2.75) is 52.7 Å². The molecule has 6 heteroatoms. The van der Waals surface area contributed by atoms with Crippen molar-refractivity contribution in [3.05, 3.63) is 89.5 Å². The van der Waals surface area contributed by atoms with E-state index in [2.05, 4.69) is 47.9 Å². The lowest BCUT2D eigenvalue weighted by atomic mass is 9.77. The van der Waals surface area contributed by atoms with Crippen LogP contribution >= 0.6 is 0 Å². The lowest BCUT2D eigenvalue weighted by molar-refractivity contribution is -0.132. The van der Waals surface area contributed by atoms with E-state index in [4.69, 9.17) is 14.2 Å². The van der Waals surface area contributed by atoms with E-state index in [0.29, 0.717) is 35.9 Å². The van der Waals surface area contributed by atoms with Crippen LogP contribution in [0.5, 0.6) is 17.2 Å². The lowest BCUT2D eigenvalue weighted by Crippen LogP contribution is -2.44. The molecule has 5 rings (SSSR count). The zero-order chi connectivity index (χ0) is 28.7. The summed E-state index contributed by atoms with van der Waals surface area (Å²) < 4.78 is 17.7. The second-order valence-corrected chi connectivity index (χ2v) is 12.1. The maximum atomic E-state index is 13.2. The van der Waals surface area contributed by atoms with Crippen molar-refractivity contribution in [1.82, 2.24) is 9.80 Å². The van der Waals surface area contributed by atoms with Crippen molar-refractivity contribution >= 4 is 5.91 Å². The summed E-state index contributed by atoms with van der Waals surface area (Å²) in [6, 6.07) is 24.3. The maximum absolute atomic E-state index is 13.2. The van der Waals surface area contributed by atoms with Gasteiger partial charge in [-0.15, -0.1) is 0 Å². The van der Waals surface area contributed by atoms with Crippen LogP contribution in [0.4, 0.5) is 0 Å². The van der Waals surface area contributed by atoms with Gasteiger partial charge in [0, 0.05) is 31.7 Å². The summed E-state index contributed by atoms with van der Waals surface area (Å²) in [5, 5.41) is 0. The third kappa shape index (κ3) is 7.62. The highest BCUT2D eigenvalue weighted by atomic mass is 16.5. The summed E-state index contributed by atoms with van der Waals surface area (Å²) in [6.07, 6.45) is 3.71. The summed E-state index contributed by atoms with van der Waals surface area (Å²) in [5.41, 5.74) is 3.63. The topological polar surface area (TPSA) is 51.2 Å². The first-order chi connectivity index (χ1) is 19.9. The van der Waals surface area contributed by atoms with Gasteiger partial charge in [0.2, 0.25) is 5.91 Å². The number of methoxy groups -OCH3 is 1. The van der Waals surface area contributed by atoms with Gasteiger partial charge in [-0.3, -0.25) is 9.69 Å². The van der Waals surface area contributed by atoms with Crippen LogP contribution in [0, 0.1) is 11.3 Å². The molecular weight excluding hydrogens is 512 g/mol. The van der Waals surface area contributed by atoms with E-state index < -0.39 is 0 Å². The van der Waals surface area contributed by atoms with Gasteiger partial charge >= 0.3 is 0 Å². The number of carbonyl (C=O) groups is 1. The lowest BCUT2D eigenvalue weighted by Gasteiger charge is -2.39. The van der Waals surface area contributed by atoms with E-state index in [1.807, 2.05) is 48.5 Å². The molecule has 2 aliphatic heterocycles. The van der Waals surface area contributed by atoms with E-state index in [1.165, 1.54) is 12.0 Å². The Hall–Kier alpha value is -3.51. The molecule has 3 aromatic rings. The predicted molar refractivity (Wildman–Crippen MR) is 162 cm³/mol. The molecule has 0 saturated carbocycles. The number of para-hydroxylation sites is 1. The number of hydrogen-bond donors (Lipinski definition) is 0. The molecule has 2 saturated heterocycles. The van der Waals surface area contributed by atoms with Crippen molar-refractivity contribution in [3.63, 3.8) is 0 Å². The number of hydrogen-bond acceptors (Lipinski definition) is 5. The standard InChI is InChI=1S/C35H44N2O4/c1-27(2)24-40-31-12-8-7-11-30(31)23-36-18-15-35(26-36)16-19-37(20-17-35)34(38)22-29-13-14-32(33(21-29)39-3)41-25-28-9-5-4-6-10-28/h4-14,21,27H,15-20,22-26H2,1-3H3. The third-order valence-electron chi connectivity index (χ3n) is 8.45. The molecule has 0 N–H and O–H groups in total. The smallest absolute Gasteiger partial charge is 0.226 e. The van der Waals surface area contributed by atoms with Crippen LogP contribution in [-0.2, 0) is 24.4 Å². The molecule has 2 heterocycles. The fourth-order valence-corrected chi connectivity index (χ4v) is 6.04. The highest BCUT2D eigenvalue weighted by molar-refractivity contribution is 5.79. The largest absolute Gasteiger partial charge is 0.493 e. The molecule has 1 spiro atoms. The molecule has 2 aliphatic rings. The second kappa shape index (κ2) is 13.4. The van der Waals surface area contributed by atoms with Gasteiger partial charge in [-0.25, -0.2) is 0 Å². The maximum Gasteiger partial charge on any atom is 0.226 e. The number of nitrogens with zero attached hydrogens (tertiary/aromatic N) is 2. The fraction of sp³-hybridized carbons (Fsp3) is 0.457. The monoisotopic (exact) mass is 556 g/mol. The van der Waals surface area contributed by atoms with Gasteiger partial charge in [-0.05, 0) is 66.5 Å². The Labute approximate surface area is 245 Å². The average Bonchev–Trinajstić information content (AvgIpc) is 3.38. The van der Waals surface area contributed by atoms with Gasteiger partial charge in [-0.1, -0.05) is 68.4 Å². The van der Waals surface area contributed by atoms with Gasteiger partial charge in [-0.2, -0.15) is 0 Å². The van der Waals surface area contributed by atoms with Crippen LogP contribution in [0.1, 0.15) is 49.8 Å². The summed E-state index contributed by atoms with van der Waals surface area (Å²) in [5.74, 6) is 3.05. The molecule has 0 unspecified atom stereocenters. The third-order valence-corrected chi connectivity index (χ3v) is 8.45. The van der Waals surface area contributed by atoms with Crippen LogP contribution in [0.15, 0.2) is 72.8 Å². The van der Waals surface area contributed by atoms with Crippen molar-refractivity contribution in [3.8, 4) is 17.2 Å². The van der Waals surface area contributed by atoms with Crippen LogP contribution in [-0.4, -0.2) is 55.6 Å². The Balaban J connectivity index is 1.11. The van der Waals surface area contributed by atoms with E-state index in [1.54, 1.807) is 7.11 Å². The molecule has 41 heavy (non-hydrogen) atoms. The second-order valence-electron chi connectivity index (χ2n) is 12.1. The Morgan fingerprint density at radius 1 is 0.829 bits per heavy atom. The number of carbonyl (C=O) groups excluding carboxylic acids is 1. The van der Waals surface area contributed by atoms with Gasteiger partial charge < -0.3 is 19.1 Å². The van der Waals surface area contributed by atoms with Crippen molar-refractivity contribution in [2.75, 3.05) is 39.9 Å². The predicted octanol–water partition coefficient (Wildman–Crippen LogP) is 6.37. The number of likely N-dealkylation sites (tertiary alicyclic amines) is 2. The zero-order valence-electron chi connectivity index (χ0n) is 24.8. The van der Waals surface area contributed by atoms with Crippen LogP contribution in [0.3, 0.4) is 0 Å². The zero-order valence-corrected chi connectivity index (χ0v) is 24.8. The number of piperidine rings is 1. The first kappa shape index (κ1) is 29.0. The first-order valence-electron chi connectivity index (χ1n) is 15.0. The Morgan fingerprint density at radius 3 is 2.32 bits per heavy atom. The number of amides is 1. The van der Waals surface area contributed by atoms with E-state index in [0.717, 1.165) is 69.0 Å². The molecule has 0 aliphatic carbocycles. The van der Waals surface area contributed by atoms with Crippen molar-refractivity contribution < 1.29 is 19.0 Å². The van der Waals surface area contributed by atoms with Crippen LogP contribution in [0.25, 0.3) is 0 Å². The molecule has 0 atom stereocenters. The van der Waals surface area contributed by atoms with E-state index in [9.17, 15) is 4.79 Å². The van der Waals surface area contributed by atoms with Crippen molar-refractivity contribution in [2.24, 2.45) is 11.3 Å². The summed E-state index contributed by atoms with van der Waals surface area (Å²) in [4.78, 5) is 17.9. The van der Waals surface area contributed by atoms with E-state index in [-0.39, 0.29) is 5.91 Å². The molecule has 0 bridgehead atoms. The average molecular weight is 557 g/mol. The minimum absolute atomic E-state index is 0.186. The molecule has 6 nitrogen and oxygen atoms in total. The van der Waals surface area contributed by atoms with Gasteiger partial charge in [0.15, 0.2) is 11.5 Å².